The number of primary amides is 1. The molecule has 0 aliphatic rings. The molecule has 0 fully saturated rings. The third-order valence-corrected chi connectivity index (χ3v) is 4.78. The van der Waals surface area contributed by atoms with Crippen molar-refractivity contribution in [3.05, 3.63) is 77.7 Å². The fraction of sp³-hybridized carbons (Fsp3) is 0.130. The second-order valence-electron chi connectivity index (χ2n) is 7.03. The lowest BCUT2D eigenvalue weighted by atomic mass is 10.1. The highest BCUT2D eigenvalue weighted by atomic mass is 19.1. The Morgan fingerprint density at radius 3 is 2.57 bits per heavy atom. The van der Waals surface area contributed by atoms with Gasteiger partial charge in [-0.15, -0.1) is 0 Å². The number of carbonyl (C=O) groups is 1. The predicted molar refractivity (Wildman–Crippen MR) is 114 cm³/mol. The Bertz CT molecular complexity index is 1230. The fourth-order valence-corrected chi connectivity index (χ4v) is 3.47. The molecule has 3 N–H and O–H groups in total. The highest BCUT2D eigenvalue weighted by molar-refractivity contribution is 5.84. The molecule has 4 aromatic rings. The van der Waals surface area contributed by atoms with E-state index in [1.54, 1.807) is 6.07 Å². The molecule has 1 amide bonds. The van der Waals surface area contributed by atoms with Crippen molar-refractivity contribution in [3.8, 4) is 17.0 Å². The van der Waals surface area contributed by atoms with Gasteiger partial charge in [-0.1, -0.05) is 18.2 Å². The minimum absolute atomic E-state index is 0.233. The maximum absolute atomic E-state index is 13.8. The van der Waals surface area contributed by atoms with Crippen LogP contribution in [0.5, 0.6) is 5.75 Å². The Kier molecular flexibility index (Phi) is 5.10. The highest BCUT2D eigenvalue weighted by Crippen LogP contribution is 2.37. The van der Waals surface area contributed by atoms with Crippen LogP contribution in [0.2, 0.25) is 0 Å². The number of nitrogens with zero attached hydrogens (tertiary/aromatic N) is 2. The zero-order valence-electron chi connectivity index (χ0n) is 16.6. The summed E-state index contributed by atoms with van der Waals surface area (Å²) in [6.45, 7) is 3.47. The Labute approximate surface area is 173 Å². The summed E-state index contributed by atoms with van der Waals surface area (Å²) >= 11 is 0. The van der Waals surface area contributed by atoms with Gasteiger partial charge in [0.1, 0.15) is 28.7 Å². The Hall–Kier alpha value is -3.87. The third kappa shape index (κ3) is 3.69. The number of benzene rings is 2. The third-order valence-electron chi connectivity index (χ3n) is 4.78. The van der Waals surface area contributed by atoms with Crippen LogP contribution in [0.4, 0.5) is 15.9 Å². The van der Waals surface area contributed by atoms with E-state index in [-0.39, 0.29) is 12.4 Å². The van der Waals surface area contributed by atoms with Crippen molar-refractivity contribution < 1.29 is 13.9 Å². The van der Waals surface area contributed by atoms with E-state index in [4.69, 9.17) is 15.5 Å². The molecule has 0 aliphatic carbocycles. The van der Waals surface area contributed by atoms with E-state index < -0.39 is 5.91 Å². The zero-order valence-corrected chi connectivity index (χ0v) is 16.6. The summed E-state index contributed by atoms with van der Waals surface area (Å²) in [5.74, 6) is 0.365. The molecule has 152 valence electrons. The van der Waals surface area contributed by atoms with Crippen LogP contribution < -0.4 is 15.8 Å². The number of carbonyl (C=O) groups excluding carboxylic acids is 1. The van der Waals surface area contributed by atoms with Crippen molar-refractivity contribution in [3.63, 3.8) is 0 Å². The number of pyridine rings is 1. The first-order valence-electron chi connectivity index (χ1n) is 9.45. The van der Waals surface area contributed by atoms with Crippen molar-refractivity contribution in [2.45, 2.75) is 13.8 Å². The zero-order chi connectivity index (χ0) is 21.3. The van der Waals surface area contributed by atoms with E-state index in [0.717, 1.165) is 22.5 Å². The minimum Gasteiger partial charge on any atom is -0.483 e. The number of nitrogens with two attached hydrogens (primary N) is 1. The molecule has 0 saturated heterocycles. The molecule has 0 unspecified atom stereocenters. The van der Waals surface area contributed by atoms with Gasteiger partial charge in [-0.25, -0.2) is 9.37 Å². The molecule has 2 heterocycles. The quantitative estimate of drug-likeness (QED) is 0.500. The normalized spacial score (nSPS) is 10.9. The van der Waals surface area contributed by atoms with E-state index in [1.807, 2.05) is 60.8 Å². The van der Waals surface area contributed by atoms with Crippen LogP contribution in [-0.4, -0.2) is 21.9 Å². The fourth-order valence-electron chi connectivity index (χ4n) is 3.47. The number of fused-ring (bicyclic) bond motifs is 1. The molecule has 0 atom stereocenters. The van der Waals surface area contributed by atoms with Crippen molar-refractivity contribution in [2.75, 3.05) is 11.9 Å². The van der Waals surface area contributed by atoms with Crippen LogP contribution in [0, 0.1) is 19.7 Å². The molecule has 6 nitrogen and oxygen atoms in total. The predicted octanol–water partition coefficient (Wildman–Crippen LogP) is 4.36. The summed E-state index contributed by atoms with van der Waals surface area (Å²) in [5, 5.41) is 3.44. The second kappa shape index (κ2) is 7.87. The van der Waals surface area contributed by atoms with Gasteiger partial charge in [0.2, 0.25) is 0 Å². The van der Waals surface area contributed by atoms with Gasteiger partial charge in [0.25, 0.3) is 5.91 Å². The van der Waals surface area contributed by atoms with E-state index in [0.29, 0.717) is 22.8 Å². The van der Waals surface area contributed by atoms with Crippen LogP contribution in [0.25, 0.3) is 16.9 Å². The number of imidazole rings is 1. The lowest BCUT2D eigenvalue weighted by molar-refractivity contribution is -0.119. The van der Waals surface area contributed by atoms with Crippen LogP contribution in [-0.2, 0) is 4.79 Å². The summed E-state index contributed by atoms with van der Waals surface area (Å²) in [7, 11) is 0. The first-order valence-corrected chi connectivity index (χ1v) is 9.45. The number of hydrogen-bond acceptors (Lipinski definition) is 4. The standard InChI is InChI=1S/C23H21FN4O2/c1-14-11-16(24)12-15(2)21(14)27-23-22(26-20-9-5-6-10-28(20)23)17-7-3-4-8-18(17)30-13-19(25)29/h3-12,27H,13H2,1-2H3,(H2,25,29). The monoisotopic (exact) mass is 404 g/mol. The van der Waals surface area contributed by atoms with Crippen molar-refractivity contribution in [2.24, 2.45) is 5.73 Å². The van der Waals surface area contributed by atoms with E-state index in [1.165, 1.54) is 12.1 Å². The van der Waals surface area contributed by atoms with Crippen molar-refractivity contribution in [1.82, 2.24) is 9.38 Å². The average molecular weight is 404 g/mol. The first-order chi connectivity index (χ1) is 14.4. The molecule has 7 heteroatoms. The van der Waals surface area contributed by atoms with Gasteiger partial charge in [-0.3, -0.25) is 9.20 Å². The summed E-state index contributed by atoms with van der Waals surface area (Å²) in [6.07, 6.45) is 1.90. The molecular formula is C23H21FN4O2. The van der Waals surface area contributed by atoms with Crippen molar-refractivity contribution >= 4 is 23.1 Å². The van der Waals surface area contributed by atoms with Gasteiger partial charge in [-0.2, -0.15) is 0 Å². The summed E-state index contributed by atoms with van der Waals surface area (Å²) in [5.41, 5.74) is 9.69. The molecule has 0 bridgehead atoms. The van der Waals surface area contributed by atoms with E-state index in [2.05, 4.69) is 5.32 Å². The first kappa shape index (κ1) is 19.4. The maximum atomic E-state index is 13.8. The number of nitrogens with one attached hydrogen (secondary N) is 1. The number of anilines is 2. The number of amides is 1. The van der Waals surface area contributed by atoms with Gasteiger partial charge in [-0.05, 0) is 61.4 Å². The van der Waals surface area contributed by atoms with E-state index >= 15 is 0 Å². The molecule has 0 aliphatic heterocycles. The molecule has 2 aromatic heterocycles. The lowest BCUT2D eigenvalue weighted by Crippen LogP contribution is -2.20. The molecule has 0 spiro atoms. The van der Waals surface area contributed by atoms with Crippen LogP contribution >= 0.6 is 0 Å². The average Bonchev–Trinajstić information content (AvgIpc) is 3.07. The van der Waals surface area contributed by atoms with Gasteiger partial charge < -0.3 is 15.8 Å². The van der Waals surface area contributed by atoms with Crippen LogP contribution in [0.1, 0.15) is 11.1 Å². The number of hydrogen-bond donors (Lipinski definition) is 2. The van der Waals surface area contributed by atoms with Gasteiger partial charge in [0.05, 0.1) is 0 Å². The summed E-state index contributed by atoms with van der Waals surface area (Å²) in [6, 6.07) is 16.0. The lowest BCUT2D eigenvalue weighted by Gasteiger charge is -2.15. The Balaban J connectivity index is 1.88. The Morgan fingerprint density at radius 1 is 1.13 bits per heavy atom. The molecular weight excluding hydrogens is 383 g/mol. The van der Waals surface area contributed by atoms with Gasteiger partial charge >= 0.3 is 0 Å². The largest absolute Gasteiger partial charge is 0.483 e. The number of rotatable bonds is 6. The van der Waals surface area contributed by atoms with Gasteiger partial charge in [0, 0.05) is 17.4 Å². The summed E-state index contributed by atoms with van der Waals surface area (Å²) in [4.78, 5) is 16.0. The number of aromatic nitrogens is 2. The highest BCUT2D eigenvalue weighted by Gasteiger charge is 2.19. The van der Waals surface area contributed by atoms with Crippen LogP contribution in [0.3, 0.4) is 0 Å². The number of ether oxygens (including phenoxy) is 1. The van der Waals surface area contributed by atoms with E-state index in [9.17, 15) is 9.18 Å². The molecule has 0 radical (unpaired) electrons. The topological polar surface area (TPSA) is 81.6 Å². The molecule has 2 aromatic carbocycles. The molecule has 30 heavy (non-hydrogen) atoms. The smallest absolute Gasteiger partial charge is 0.255 e. The van der Waals surface area contributed by atoms with Crippen LogP contribution in [0.15, 0.2) is 60.8 Å². The SMILES string of the molecule is Cc1cc(F)cc(C)c1Nc1c(-c2ccccc2OCC(N)=O)nc2ccccn12. The van der Waals surface area contributed by atoms with Crippen molar-refractivity contribution in [1.29, 1.82) is 0 Å². The minimum atomic E-state index is -0.560. The van der Waals surface area contributed by atoms with Gasteiger partial charge in [0.15, 0.2) is 6.61 Å². The molecule has 4 rings (SSSR count). The Morgan fingerprint density at radius 2 is 1.83 bits per heavy atom. The maximum Gasteiger partial charge on any atom is 0.255 e. The molecule has 0 saturated carbocycles. The number of aryl methyl sites for hydroxylation is 2. The summed E-state index contributed by atoms with van der Waals surface area (Å²) < 4.78 is 21.3. The second-order valence-corrected chi connectivity index (χ2v) is 7.03. The number of para-hydroxylation sites is 1. The number of halogens is 1.